The molecule has 0 aromatic heterocycles. The Bertz CT molecular complexity index is 641. The number of benzene rings is 1. The second kappa shape index (κ2) is 9.17. The van der Waals surface area contributed by atoms with E-state index >= 15 is 0 Å². The molecule has 2 amide bonds. The quantitative estimate of drug-likeness (QED) is 0.683. The lowest BCUT2D eigenvalue weighted by molar-refractivity contribution is -0.142. The van der Waals surface area contributed by atoms with E-state index in [-0.39, 0.29) is 24.5 Å². The molecule has 0 saturated heterocycles. The zero-order valence-corrected chi connectivity index (χ0v) is 15.3. The molecule has 8 heteroatoms. The number of amides is 2. The van der Waals surface area contributed by atoms with Gasteiger partial charge in [-0.2, -0.15) is 0 Å². The van der Waals surface area contributed by atoms with E-state index in [0.29, 0.717) is 42.9 Å². The van der Waals surface area contributed by atoms with Gasteiger partial charge in [-0.1, -0.05) is 0 Å². The van der Waals surface area contributed by atoms with Gasteiger partial charge < -0.3 is 30.0 Å². The number of carboxylic acids is 1. The number of hydrogen-bond acceptors (Lipinski definition) is 5. The van der Waals surface area contributed by atoms with E-state index in [4.69, 9.17) is 19.3 Å². The lowest BCUT2D eigenvalue weighted by atomic mass is 9.86. The van der Waals surface area contributed by atoms with Crippen LogP contribution in [-0.4, -0.2) is 44.5 Å². The van der Waals surface area contributed by atoms with Crippen molar-refractivity contribution < 1.29 is 28.9 Å². The predicted octanol–water partition coefficient (Wildman–Crippen LogP) is 2.15. The zero-order chi connectivity index (χ0) is 19.1. The first-order valence-corrected chi connectivity index (χ1v) is 8.55. The van der Waals surface area contributed by atoms with Crippen LogP contribution in [-0.2, 0) is 11.3 Å². The van der Waals surface area contributed by atoms with Crippen LogP contribution in [0.5, 0.6) is 17.2 Å². The molecule has 1 aromatic carbocycles. The molecule has 1 aliphatic rings. The molecule has 144 valence electrons. The molecule has 1 saturated carbocycles. The number of hydrogen-bond donors (Lipinski definition) is 3. The summed E-state index contributed by atoms with van der Waals surface area (Å²) in [7, 11) is 4.60. The molecule has 2 rings (SSSR count). The fraction of sp³-hybridized carbons (Fsp3) is 0.556. The first kappa shape index (κ1) is 19.7. The summed E-state index contributed by atoms with van der Waals surface area (Å²) in [6.07, 6.45) is 2.52. The normalized spacial score (nSPS) is 19.3. The van der Waals surface area contributed by atoms with Crippen molar-refractivity contribution in [3.63, 3.8) is 0 Å². The van der Waals surface area contributed by atoms with Crippen LogP contribution >= 0.6 is 0 Å². The highest BCUT2D eigenvalue weighted by atomic mass is 16.5. The molecule has 26 heavy (non-hydrogen) atoms. The van der Waals surface area contributed by atoms with Crippen molar-refractivity contribution in [2.45, 2.75) is 38.3 Å². The number of aliphatic carboxylic acids is 1. The van der Waals surface area contributed by atoms with E-state index < -0.39 is 5.97 Å². The molecule has 0 spiro atoms. The summed E-state index contributed by atoms with van der Waals surface area (Å²) in [4.78, 5) is 23.1. The largest absolute Gasteiger partial charge is 0.493 e. The van der Waals surface area contributed by atoms with Gasteiger partial charge in [0.15, 0.2) is 11.5 Å². The zero-order valence-electron chi connectivity index (χ0n) is 15.3. The van der Waals surface area contributed by atoms with E-state index in [1.807, 2.05) is 0 Å². The van der Waals surface area contributed by atoms with Gasteiger partial charge in [-0.15, -0.1) is 0 Å². The Kier molecular flexibility index (Phi) is 6.94. The maximum Gasteiger partial charge on any atom is 0.315 e. The minimum atomic E-state index is -0.756. The number of carbonyl (C=O) groups is 2. The number of urea groups is 1. The third-order valence-electron chi connectivity index (χ3n) is 4.64. The Balaban J connectivity index is 1.90. The summed E-state index contributed by atoms with van der Waals surface area (Å²) in [6.45, 7) is 0.264. The second-order valence-electron chi connectivity index (χ2n) is 6.21. The maximum absolute atomic E-state index is 12.1. The number of nitrogens with one attached hydrogen (secondary N) is 2. The van der Waals surface area contributed by atoms with Crippen LogP contribution < -0.4 is 24.8 Å². The van der Waals surface area contributed by atoms with E-state index in [2.05, 4.69) is 10.6 Å². The second-order valence-corrected chi connectivity index (χ2v) is 6.21. The topological polar surface area (TPSA) is 106 Å². The predicted molar refractivity (Wildman–Crippen MR) is 94.9 cm³/mol. The molecule has 8 nitrogen and oxygen atoms in total. The van der Waals surface area contributed by atoms with Gasteiger partial charge in [0.05, 0.1) is 27.2 Å². The van der Waals surface area contributed by atoms with Crippen molar-refractivity contribution in [3.05, 3.63) is 17.7 Å². The average molecular weight is 366 g/mol. The molecule has 0 heterocycles. The first-order chi connectivity index (χ1) is 12.5. The van der Waals surface area contributed by atoms with Crippen LogP contribution in [0.15, 0.2) is 12.1 Å². The third kappa shape index (κ3) is 4.71. The molecule has 0 radical (unpaired) electrons. The lowest BCUT2D eigenvalue weighted by Gasteiger charge is -2.26. The summed E-state index contributed by atoms with van der Waals surface area (Å²) in [5.74, 6) is 0.476. The van der Waals surface area contributed by atoms with Crippen LogP contribution in [0.2, 0.25) is 0 Å². The number of ether oxygens (including phenoxy) is 3. The molecule has 1 fully saturated rings. The number of carbonyl (C=O) groups excluding carboxylic acids is 1. The summed E-state index contributed by atoms with van der Waals surface area (Å²) in [5.41, 5.74) is 0.759. The minimum Gasteiger partial charge on any atom is -0.493 e. The fourth-order valence-electron chi connectivity index (χ4n) is 3.20. The number of carboxylic acid groups (broad SMARTS) is 1. The standard InChI is InChI=1S/C18H26N2O6/c1-24-14-9-6-12(15(25-2)16(14)26-3)10-19-18(23)20-13-7-4-11(5-8-13)17(21)22/h6,9,11,13H,4-5,7-8,10H2,1-3H3,(H,21,22)(H2,19,20,23). The molecule has 0 aliphatic heterocycles. The fourth-order valence-corrected chi connectivity index (χ4v) is 3.20. The van der Waals surface area contributed by atoms with E-state index in [0.717, 1.165) is 5.56 Å². The highest BCUT2D eigenvalue weighted by molar-refractivity contribution is 5.74. The third-order valence-corrected chi connectivity index (χ3v) is 4.64. The Morgan fingerprint density at radius 3 is 2.23 bits per heavy atom. The van der Waals surface area contributed by atoms with Gasteiger partial charge in [0.2, 0.25) is 5.75 Å². The highest BCUT2D eigenvalue weighted by Gasteiger charge is 2.26. The Labute approximate surface area is 152 Å². The molecule has 0 bridgehead atoms. The van der Waals surface area contributed by atoms with Crippen LogP contribution in [0.3, 0.4) is 0 Å². The number of rotatable bonds is 7. The highest BCUT2D eigenvalue weighted by Crippen LogP contribution is 2.39. The van der Waals surface area contributed by atoms with Gasteiger partial charge in [-0.25, -0.2) is 4.79 Å². The summed E-state index contributed by atoms with van der Waals surface area (Å²) < 4.78 is 16.0. The van der Waals surface area contributed by atoms with Gasteiger partial charge in [0, 0.05) is 18.2 Å². The molecule has 1 aromatic rings. The van der Waals surface area contributed by atoms with Gasteiger partial charge >= 0.3 is 12.0 Å². The molecule has 1 aliphatic carbocycles. The van der Waals surface area contributed by atoms with E-state index in [1.54, 1.807) is 19.2 Å². The summed E-state index contributed by atoms with van der Waals surface area (Å²) in [5, 5.41) is 14.7. The van der Waals surface area contributed by atoms with Crippen molar-refractivity contribution in [2.24, 2.45) is 5.92 Å². The lowest BCUT2D eigenvalue weighted by Crippen LogP contribution is -2.43. The summed E-state index contributed by atoms with van der Waals surface area (Å²) in [6, 6.07) is 3.26. The van der Waals surface area contributed by atoms with Gasteiger partial charge in [0.25, 0.3) is 0 Å². The van der Waals surface area contributed by atoms with Crippen molar-refractivity contribution in [2.75, 3.05) is 21.3 Å². The van der Waals surface area contributed by atoms with Crippen LogP contribution in [0, 0.1) is 5.92 Å². The Morgan fingerprint density at radius 1 is 1.04 bits per heavy atom. The van der Waals surface area contributed by atoms with Gasteiger partial charge in [-0.05, 0) is 37.8 Å². The summed E-state index contributed by atoms with van der Waals surface area (Å²) >= 11 is 0. The molecule has 0 atom stereocenters. The Morgan fingerprint density at radius 2 is 1.69 bits per heavy atom. The first-order valence-electron chi connectivity index (χ1n) is 8.55. The van der Waals surface area contributed by atoms with Crippen LogP contribution in [0.1, 0.15) is 31.2 Å². The smallest absolute Gasteiger partial charge is 0.315 e. The Hall–Kier alpha value is -2.64. The maximum atomic E-state index is 12.1. The van der Waals surface area contributed by atoms with Crippen molar-refractivity contribution in [3.8, 4) is 17.2 Å². The molecular formula is C18H26N2O6. The molecular weight excluding hydrogens is 340 g/mol. The van der Waals surface area contributed by atoms with Crippen LogP contribution in [0.4, 0.5) is 4.79 Å². The van der Waals surface area contributed by atoms with E-state index in [9.17, 15) is 9.59 Å². The van der Waals surface area contributed by atoms with Gasteiger partial charge in [-0.3, -0.25) is 4.79 Å². The van der Waals surface area contributed by atoms with Crippen molar-refractivity contribution >= 4 is 12.0 Å². The molecule has 0 unspecified atom stereocenters. The van der Waals surface area contributed by atoms with Crippen molar-refractivity contribution in [1.82, 2.24) is 10.6 Å². The number of methoxy groups -OCH3 is 3. The molecule has 3 N–H and O–H groups in total. The van der Waals surface area contributed by atoms with E-state index in [1.165, 1.54) is 14.2 Å². The monoisotopic (exact) mass is 366 g/mol. The van der Waals surface area contributed by atoms with Crippen molar-refractivity contribution in [1.29, 1.82) is 0 Å². The SMILES string of the molecule is COc1ccc(CNC(=O)NC2CCC(C(=O)O)CC2)c(OC)c1OC. The van der Waals surface area contributed by atoms with Crippen LogP contribution in [0.25, 0.3) is 0 Å². The minimum absolute atomic E-state index is 0.00195. The average Bonchev–Trinajstić information content (AvgIpc) is 2.65. The van der Waals surface area contributed by atoms with Gasteiger partial charge in [0.1, 0.15) is 0 Å².